The lowest BCUT2D eigenvalue weighted by atomic mass is 9.83. The molecule has 0 amide bonds. The number of alkyl halides is 2. The number of hydrogen-bond acceptors (Lipinski definition) is 4. The summed E-state index contributed by atoms with van der Waals surface area (Å²) in [6, 6.07) is 4.60. The highest BCUT2D eigenvalue weighted by Gasteiger charge is 2.53. The van der Waals surface area contributed by atoms with Crippen molar-refractivity contribution in [2.45, 2.75) is 38.3 Å². The first-order chi connectivity index (χ1) is 18.9. The van der Waals surface area contributed by atoms with Crippen LogP contribution >= 0.6 is 0 Å². The molecule has 12 heteroatoms. The topological polar surface area (TPSA) is 36.9 Å². The molecule has 3 aromatic carbocycles. The third-order valence-electron chi connectivity index (χ3n) is 6.94. The van der Waals surface area contributed by atoms with E-state index >= 15 is 4.39 Å². The molecule has 0 atom stereocenters. The van der Waals surface area contributed by atoms with E-state index in [1.54, 1.807) is 0 Å². The summed E-state index contributed by atoms with van der Waals surface area (Å²) in [7, 11) is 0. The van der Waals surface area contributed by atoms with Crippen molar-refractivity contribution in [1.82, 2.24) is 0 Å². The highest BCUT2D eigenvalue weighted by molar-refractivity contribution is 5.65. The monoisotopic (exact) mass is 574 g/mol. The average Bonchev–Trinajstić information content (AvgIpc) is 2.90. The van der Waals surface area contributed by atoms with Crippen molar-refractivity contribution < 1.29 is 54.1 Å². The van der Waals surface area contributed by atoms with E-state index < -0.39 is 63.9 Å². The molecule has 0 aliphatic carbocycles. The molecule has 4 nitrogen and oxygen atoms in total. The second-order valence-corrected chi connectivity index (χ2v) is 9.86. The van der Waals surface area contributed by atoms with Gasteiger partial charge in [-0.15, -0.1) is 0 Å². The van der Waals surface area contributed by atoms with Crippen molar-refractivity contribution in [3.8, 4) is 16.9 Å². The molecule has 0 N–H and O–H groups in total. The molecule has 6 rings (SSSR count). The summed E-state index contributed by atoms with van der Waals surface area (Å²) in [4.78, 5) is 0. The molecule has 40 heavy (non-hydrogen) atoms. The van der Waals surface area contributed by atoms with Crippen molar-refractivity contribution in [3.63, 3.8) is 0 Å². The van der Waals surface area contributed by atoms with Gasteiger partial charge in [-0.1, -0.05) is 31.9 Å². The Morgan fingerprint density at radius 3 is 1.88 bits per heavy atom. The van der Waals surface area contributed by atoms with Crippen molar-refractivity contribution in [2.75, 3.05) is 19.8 Å². The number of unbranched alkanes of at least 4 members (excludes halogenated alkanes) is 1. The summed E-state index contributed by atoms with van der Waals surface area (Å²) in [5, 5.41) is 0. The quantitative estimate of drug-likeness (QED) is 0.204. The minimum atomic E-state index is -4.77. The van der Waals surface area contributed by atoms with Crippen LogP contribution in [0.3, 0.4) is 0 Å². The van der Waals surface area contributed by atoms with Gasteiger partial charge in [-0.25, -0.2) is 26.3 Å². The minimum absolute atomic E-state index is 0.0912. The van der Waals surface area contributed by atoms with E-state index in [-0.39, 0.29) is 28.7 Å². The van der Waals surface area contributed by atoms with Crippen molar-refractivity contribution in [3.05, 3.63) is 88.5 Å². The molecule has 0 spiro atoms. The number of halogens is 8. The number of hydrogen-bond donors (Lipinski definition) is 0. The SMILES string of the molecule is CCCCC12COC(c3ccc(-c4cc(F)c(C(F)(F)Oc5cc(F)c(F)c(F)c5)c(F)c4)c(F)c3)(OC1)OC2. The van der Waals surface area contributed by atoms with Crippen LogP contribution in [0.4, 0.5) is 35.1 Å². The van der Waals surface area contributed by atoms with E-state index in [2.05, 4.69) is 11.7 Å². The Hall–Kier alpha value is -3.22. The van der Waals surface area contributed by atoms with Crippen molar-refractivity contribution in [2.24, 2.45) is 5.41 Å². The van der Waals surface area contributed by atoms with Gasteiger partial charge in [0.1, 0.15) is 28.8 Å². The molecule has 0 radical (unpaired) electrons. The van der Waals surface area contributed by atoms with Crippen LogP contribution < -0.4 is 4.74 Å². The number of fused-ring (bicyclic) bond motifs is 3. The molecule has 3 aliphatic heterocycles. The summed E-state index contributed by atoms with van der Waals surface area (Å²) in [5.41, 5.74) is -2.79. The maximum atomic E-state index is 15.2. The summed E-state index contributed by atoms with van der Waals surface area (Å²) >= 11 is 0. The van der Waals surface area contributed by atoms with Crippen LogP contribution in [-0.4, -0.2) is 19.8 Å². The molecule has 214 valence electrons. The molecule has 3 fully saturated rings. The average molecular weight is 574 g/mol. The normalized spacial score (nSPS) is 22.5. The minimum Gasteiger partial charge on any atom is -0.429 e. The second kappa shape index (κ2) is 10.3. The van der Waals surface area contributed by atoms with Crippen LogP contribution in [0.5, 0.6) is 5.75 Å². The van der Waals surface area contributed by atoms with Crippen LogP contribution in [0, 0.1) is 40.3 Å². The molecule has 3 heterocycles. The first-order valence-corrected chi connectivity index (χ1v) is 12.3. The Morgan fingerprint density at radius 2 is 1.35 bits per heavy atom. The van der Waals surface area contributed by atoms with Crippen molar-refractivity contribution >= 4 is 0 Å². The number of ether oxygens (including phenoxy) is 4. The fourth-order valence-corrected chi connectivity index (χ4v) is 4.75. The van der Waals surface area contributed by atoms with Crippen molar-refractivity contribution in [1.29, 1.82) is 0 Å². The van der Waals surface area contributed by atoms with Gasteiger partial charge in [0.25, 0.3) is 0 Å². The zero-order chi connectivity index (χ0) is 28.9. The van der Waals surface area contributed by atoms with Gasteiger partial charge in [0.15, 0.2) is 17.5 Å². The van der Waals surface area contributed by atoms with Gasteiger partial charge >= 0.3 is 12.1 Å². The summed E-state index contributed by atoms with van der Waals surface area (Å²) < 4.78 is 135. The molecule has 3 aliphatic rings. The van der Waals surface area contributed by atoms with Crippen LogP contribution in [0.2, 0.25) is 0 Å². The van der Waals surface area contributed by atoms with E-state index in [1.807, 2.05) is 0 Å². The lowest BCUT2D eigenvalue weighted by Crippen LogP contribution is -2.58. The van der Waals surface area contributed by atoms with E-state index in [9.17, 15) is 30.7 Å². The van der Waals surface area contributed by atoms with Gasteiger partial charge in [-0.2, -0.15) is 8.78 Å². The molecule has 0 unspecified atom stereocenters. The van der Waals surface area contributed by atoms with E-state index in [0.717, 1.165) is 31.4 Å². The maximum Gasteiger partial charge on any atom is 0.432 e. The highest BCUT2D eigenvalue weighted by atomic mass is 19.3. The molecule has 3 saturated heterocycles. The van der Waals surface area contributed by atoms with Crippen LogP contribution in [0.15, 0.2) is 42.5 Å². The van der Waals surface area contributed by atoms with Gasteiger partial charge in [-0.05, 0) is 30.2 Å². The van der Waals surface area contributed by atoms with Gasteiger partial charge < -0.3 is 18.9 Å². The zero-order valence-electron chi connectivity index (χ0n) is 20.9. The molecule has 3 aromatic rings. The number of benzene rings is 3. The van der Waals surface area contributed by atoms with Crippen LogP contribution in [0.1, 0.15) is 37.3 Å². The van der Waals surface area contributed by atoms with Gasteiger partial charge in [-0.3, -0.25) is 0 Å². The first-order valence-electron chi connectivity index (χ1n) is 12.3. The smallest absolute Gasteiger partial charge is 0.429 e. The predicted molar refractivity (Wildman–Crippen MR) is 124 cm³/mol. The van der Waals surface area contributed by atoms with E-state index in [0.29, 0.717) is 32.0 Å². The lowest BCUT2D eigenvalue weighted by Gasteiger charge is -2.52. The summed E-state index contributed by atoms with van der Waals surface area (Å²) in [6.07, 6.45) is -1.99. The predicted octanol–water partition coefficient (Wildman–Crippen LogP) is 7.68. The first kappa shape index (κ1) is 28.3. The molecule has 2 bridgehead atoms. The maximum absolute atomic E-state index is 15.2. The summed E-state index contributed by atoms with van der Waals surface area (Å²) in [5.74, 6) is -13.1. The Labute approximate surface area is 223 Å². The Balaban J connectivity index is 1.39. The molecule has 0 aromatic heterocycles. The van der Waals surface area contributed by atoms with E-state index in [1.165, 1.54) is 6.07 Å². The summed E-state index contributed by atoms with van der Waals surface area (Å²) in [6.45, 7) is 3.06. The Bertz CT molecular complexity index is 1370. The molecule has 0 saturated carbocycles. The Morgan fingerprint density at radius 1 is 0.775 bits per heavy atom. The molecular formula is C28H22F8O4. The van der Waals surface area contributed by atoms with E-state index in [4.69, 9.17) is 14.2 Å². The number of rotatable bonds is 8. The lowest BCUT2D eigenvalue weighted by molar-refractivity contribution is -0.480. The van der Waals surface area contributed by atoms with Gasteiger partial charge in [0.2, 0.25) is 0 Å². The van der Waals surface area contributed by atoms with Gasteiger partial charge in [0.05, 0.1) is 19.8 Å². The standard InChI is InChI=1S/C28H22F8O4/c1-2-3-6-26-12-37-28(38-13-26,39-14-26)16-4-5-18(19(29)9-16)15-7-20(30)24(21(31)8-15)27(35,36)40-17-10-22(32)25(34)23(33)11-17/h4-5,7-11H,2-3,6,12-14H2,1H3. The fourth-order valence-electron chi connectivity index (χ4n) is 4.75. The zero-order valence-corrected chi connectivity index (χ0v) is 20.9. The molecular weight excluding hydrogens is 552 g/mol. The Kier molecular flexibility index (Phi) is 7.30. The van der Waals surface area contributed by atoms with Gasteiger partial charge in [0, 0.05) is 28.7 Å². The third kappa shape index (κ3) is 5.04. The second-order valence-electron chi connectivity index (χ2n) is 9.86. The third-order valence-corrected chi connectivity index (χ3v) is 6.94. The highest BCUT2D eigenvalue weighted by Crippen LogP contribution is 2.47. The van der Waals surface area contributed by atoms with Crippen LogP contribution in [0.25, 0.3) is 11.1 Å². The van der Waals surface area contributed by atoms with Crippen LogP contribution in [-0.2, 0) is 26.3 Å². The largest absolute Gasteiger partial charge is 0.432 e. The fraction of sp³-hybridized carbons (Fsp3) is 0.357.